The first-order valence-electron chi connectivity index (χ1n) is 6.34. The molecular formula is C12H19N3O. The van der Waals surface area contributed by atoms with Crippen molar-refractivity contribution in [3.8, 4) is 0 Å². The summed E-state index contributed by atoms with van der Waals surface area (Å²) >= 11 is 0. The van der Waals surface area contributed by atoms with Gasteiger partial charge in [0, 0.05) is 18.9 Å². The summed E-state index contributed by atoms with van der Waals surface area (Å²) in [6.07, 6.45) is 7.26. The predicted molar refractivity (Wildman–Crippen MR) is 60.0 cm³/mol. The van der Waals surface area contributed by atoms with E-state index in [0.29, 0.717) is 6.04 Å². The number of rotatable bonds is 6. The SMILES string of the molecule is CNC(Cc1nc(CC2CC2)no1)C1CC1. The summed E-state index contributed by atoms with van der Waals surface area (Å²) in [5, 5.41) is 7.40. The zero-order chi connectivity index (χ0) is 11.0. The van der Waals surface area contributed by atoms with Crippen molar-refractivity contribution in [2.75, 3.05) is 7.05 Å². The van der Waals surface area contributed by atoms with Crippen LogP contribution in [0.2, 0.25) is 0 Å². The molecule has 4 heteroatoms. The Bertz CT molecular complexity index is 355. The second-order valence-electron chi connectivity index (χ2n) is 5.19. The summed E-state index contributed by atoms with van der Waals surface area (Å²) in [5.74, 6) is 3.36. The minimum atomic E-state index is 0.522. The minimum absolute atomic E-state index is 0.522. The molecule has 1 atom stereocenters. The van der Waals surface area contributed by atoms with Gasteiger partial charge < -0.3 is 9.84 Å². The van der Waals surface area contributed by atoms with Crippen LogP contribution in [-0.2, 0) is 12.8 Å². The van der Waals surface area contributed by atoms with E-state index >= 15 is 0 Å². The van der Waals surface area contributed by atoms with Gasteiger partial charge in [-0.3, -0.25) is 0 Å². The van der Waals surface area contributed by atoms with Crippen LogP contribution in [-0.4, -0.2) is 23.2 Å². The molecule has 1 heterocycles. The fourth-order valence-electron chi connectivity index (χ4n) is 2.23. The highest BCUT2D eigenvalue weighted by atomic mass is 16.5. The molecule has 0 aromatic carbocycles. The van der Waals surface area contributed by atoms with E-state index in [2.05, 4.69) is 15.5 Å². The Morgan fingerprint density at radius 1 is 1.38 bits per heavy atom. The first-order valence-corrected chi connectivity index (χ1v) is 6.34. The van der Waals surface area contributed by atoms with Gasteiger partial charge in [-0.15, -0.1) is 0 Å². The Hall–Kier alpha value is -0.900. The van der Waals surface area contributed by atoms with E-state index in [0.717, 1.165) is 36.4 Å². The second-order valence-corrected chi connectivity index (χ2v) is 5.19. The lowest BCUT2D eigenvalue weighted by molar-refractivity contribution is 0.348. The Balaban J connectivity index is 1.57. The summed E-state index contributed by atoms with van der Waals surface area (Å²) in [4.78, 5) is 4.47. The van der Waals surface area contributed by atoms with Crippen molar-refractivity contribution < 1.29 is 4.52 Å². The molecular weight excluding hydrogens is 202 g/mol. The summed E-state index contributed by atoms with van der Waals surface area (Å²) in [6, 6.07) is 0.522. The predicted octanol–water partition coefficient (Wildman–Crippen LogP) is 1.56. The van der Waals surface area contributed by atoms with Gasteiger partial charge in [0.05, 0.1) is 0 Å². The molecule has 4 nitrogen and oxygen atoms in total. The fourth-order valence-corrected chi connectivity index (χ4v) is 2.23. The topological polar surface area (TPSA) is 51.0 Å². The van der Waals surface area contributed by atoms with Crippen LogP contribution in [0.4, 0.5) is 0 Å². The first kappa shape index (κ1) is 10.3. The molecule has 0 saturated heterocycles. The van der Waals surface area contributed by atoms with Crippen molar-refractivity contribution in [3.05, 3.63) is 11.7 Å². The van der Waals surface area contributed by atoms with Crippen molar-refractivity contribution in [2.24, 2.45) is 11.8 Å². The molecule has 2 fully saturated rings. The normalized spacial score (nSPS) is 22.3. The van der Waals surface area contributed by atoms with Crippen LogP contribution < -0.4 is 5.32 Å². The van der Waals surface area contributed by atoms with Gasteiger partial charge in [-0.25, -0.2) is 0 Å². The van der Waals surface area contributed by atoms with E-state index in [9.17, 15) is 0 Å². The van der Waals surface area contributed by atoms with E-state index in [1.165, 1.54) is 25.7 Å². The maximum Gasteiger partial charge on any atom is 0.228 e. The molecule has 2 saturated carbocycles. The van der Waals surface area contributed by atoms with Crippen LogP contribution in [0.5, 0.6) is 0 Å². The molecule has 2 aliphatic rings. The van der Waals surface area contributed by atoms with Crippen molar-refractivity contribution in [2.45, 2.75) is 44.6 Å². The summed E-state index contributed by atoms with van der Waals surface area (Å²) < 4.78 is 5.30. The zero-order valence-electron chi connectivity index (χ0n) is 9.78. The number of nitrogens with zero attached hydrogens (tertiary/aromatic N) is 2. The van der Waals surface area contributed by atoms with Gasteiger partial charge in [0.15, 0.2) is 5.82 Å². The number of hydrogen-bond acceptors (Lipinski definition) is 4. The average Bonchev–Trinajstić information content (AvgIpc) is 3.16. The van der Waals surface area contributed by atoms with Gasteiger partial charge in [0.1, 0.15) is 0 Å². The van der Waals surface area contributed by atoms with Gasteiger partial charge >= 0.3 is 0 Å². The second kappa shape index (κ2) is 4.17. The van der Waals surface area contributed by atoms with E-state index < -0.39 is 0 Å². The van der Waals surface area contributed by atoms with Crippen molar-refractivity contribution in [3.63, 3.8) is 0 Å². The summed E-state index contributed by atoms with van der Waals surface area (Å²) in [7, 11) is 2.02. The molecule has 0 aliphatic heterocycles. The van der Waals surface area contributed by atoms with Crippen LogP contribution in [0.25, 0.3) is 0 Å². The lowest BCUT2D eigenvalue weighted by atomic mass is 10.1. The fraction of sp³-hybridized carbons (Fsp3) is 0.833. The third kappa shape index (κ3) is 2.43. The molecule has 88 valence electrons. The lowest BCUT2D eigenvalue weighted by Gasteiger charge is -2.11. The van der Waals surface area contributed by atoms with Crippen molar-refractivity contribution in [1.29, 1.82) is 0 Å². The van der Waals surface area contributed by atoms with Crippen molar-refractivity contribution in [1.82, 2.24) is 15.5 Å². The summed E-state index contributed by atoms with van der Waals surface area (Å²) in [5.41, 5.74) is 0. The van der Waals surface area contributed by atoms with Crippen LogP contribution in [0.3, 0.4) is 0 Å². The minimum Gasteiger partial charge on any atom is -0.339 e. The highest BCUT2D eigenvalue weighted by Crippen LogP contribution is 2.34. The number of nitrogens with one attached hydrogen (secondary N) is 1. The maximum atomic E-state index is 5.30. The van der Waals surface area contributed by atoms with Gasteiger partial charge in [-0.2, -0.15) is 4.98 Å². The maximum absolute atomic E-state index is 5.30. The number of hydrogen-bond donors (Lipinski definition) is 1. The Morgan fingerprint density at radius 3 is 2.81 bits per heavy atom. The van der Waals surface area contributed by atoms with E-state index in [4.69, 9.17) is 4.52 Å². The quantitative estimate of drug-likeness (QED) is 0.792. The molecule has 1 aromatic heterocycles. The highest BCUT2D eigenvalue weighted by molar-refractivity contribution is 4.96. The molecule has 0 radical (unpaired) electrons. The standard InChI is InChI=1S/C12H19N3O/c1-13-10(9-4-5-9)7-12-14-11(15-16-12)6-8-2-3-8/h8-10,13H,2-7H2,1H3. The van der Waals surface area contributed by atoms with Gasteiger partial charge in [0.25, 0.3) is 0 Å². The molecule has 1 unspecified atom stereocenters. The lowest BCUT2D eigenvalue weighted by Crippen LogP contribution is -2.29. The number of likely N-dealkylation sites (N-methyl/N-ethyl adjacent to an activating group) is 1. The highest BCUT2D eigenvalue weighted by Gasteiger charge is 2.31. The molecule has 2 aliphatic carbocycles. The van der Waals surface area contributed by atoms with Crippen LogP contribution in [0, 0.1) is 11.8 Å². The summed E-state index contributed by atoms with van der Waals surface area (Å²) in [6.45, 7) is 0. The van der Waals surface area contributed by atoms with Gasteiger partial charge in [-0.05, 0) is 44.6 Å². The Kier molecular flexibility index (Phi) is 2.67. The van der Waals surface area contributed by atoms with Gasteiger partial charge in [-0.1, -0.05) is 5.16 Å². The third-order valence-corrected chi connectivity index (χ3v) is 3.63. The van der Waals surface area contributed by atoms with Crippen LogP contribution >= 0.6 is 0 Å². The molecule has 16 heavy (non-hydrogen) atoms. The van der Waals surface area contributed by atoms with E-state index in [-0.39, 0.29) is 0 Å². The van der Waals surface area contributed by atoms with Gasteiger partial charge in [0.2, 0.25) is 5.89 Å². The smallest absolute Gasteiger partial charge is 0.228 e. The van der Waals surface area contributed by atoms with Crippen molar-refractivity contribution >= 4 is 0 Å². The molecule has 3 rings (SSSR count). The zero-order valence-corrected chi connectivity index (χ0v) is 9.78. The Morgan fingerprint density at radius 2 is 2.19 bits per heavy atom. The monoisotopic (exact) mass is 221 g/mol. The molecule has 0 spiro atoms. The molecule has 1 aromatic rings. The molecule has 0 amide bonds. The van der Waals surface area contributed by atoms with Crippen LogP contribution in [0.1, 0.15) is 37.4 Å². The largest absolute Gasteiger partial charge is 0.339 e. The molecule has 1 N–H and O–H groups in total. The number of aromatic nitrogens is 2. The van der Waals surface area contributed by atoms with E-state index in [1.807, 2.05) is 7.05 Å². The third-order valence-electron chi connectivity index (χ3n) is 3.63. The van der Waals surface area contributed by atoms with E-state index in [1.54, 1.807) is 0 Å². The molecule has 0 bridgehead atoms. The average molecular weight is 221 g/mol. The Labute approximate surface area is 95.8 Å². The van der Waals surface area contributed by atoms with Crippen LogP contribution in [0.15, 0.2) is 4.52 Å². The first-order chi connectivity index (χ1) is 7.85.